The van der Waals surface area contributed by atoms with Crippen LogP contribution < -0.4 is 11.2 Å². The highest BCUT2D eigenvalue weighted by Gasteiger charge is 2.07. The lowest BCUT2D eigenvalue weighted by Crippen LogP contribution is -2.30. The number of nitrogens with one attached hydrogen (secondary N) is 1. The summed E-state index contributed by atoms with van der Waals surface area (Å²) in [5, 5.41) is 8.73. The molecule has 0 bridgehead atoms. The van der Waals surface area contributed by atoms with E-state index in [9.17, 15) is 4.79 Å². The molecule has 116 valence electrons. The SMILES string of the molecule is CC.CC.N=c1c2ccccc2oc(=O)n1-c1ccccc1. The second-order valence-corrected chi connectivity index (χ2v) is 3.88. The van der Waals surface area contributed by atoms with Gasteiger partial charge in [-0.15, -0.1) is 0 Å². The zero-order valence-electron chi connectivity index (χ0n) is 13.5. The topological polar surface area (TPSA) is 59.0 Å². The van der Waals surface area contributed by atoms with Crippen molar-refractivity contribution in [3.05, 3.63) is 70.6 Å². The molecule has 0 spiro atoms. The second kappa shape index (κ2) is 8.62. The molecule has 0 saturated heterocycles. The van der Waals surface area contributed by atoms with Crippen LogP contribution in [0.1, 0.15) is 27.7 Å². The Labute approximate surface area is 130 Å². The Balaban J connectivity index is 0.000000561. The van der Waals surface area contributed by atoms with Gasteiger partial charge in [-0.05, 0) is 24.3 Å². The Morgan fingerprint density at radius 1 is 0.864 bits per heavy atom. The molecule has 0 aliphatic carbocycles. The van der Waals surface area contributed by atoms with Gasteiger partial charge in [0.15, 0.2) is 0 Å². The van der Waals surface area contributed by atoms with E-state index in [1.165, 1.54) is 4.57 Å². The first-order valence-electron chi connectivity index (χ1n) is 7.52. The molecule has 3 aromatic rings. The molecule has 4 nitrogen and oxygen atoms in total. The number of rotatable bonds is 1. The number of para-hydroxylation sites is 2. The zero-order chi connectivity index (χ0) is 16.5. The lowest BCUT2D eigenvalue weighted by molar-refractivity contribution is 0.500. The normalized spacial score (nSPS) is 9.27. The maximum atomic E-state index is 11.9. The van der Waals surface area contributed by atoms with Gasteiger partial charge in [0.1, 0.15) is 11.1 Å². The van der Waals surface area contributed by atoms with Gasteiger partial charge in [0.2, 0.25) is 0 Å². The summed E-state index contributed by atoms with van der Waals surface area (Å²) in [4.78, 5) is 11.9. The highest BCUT2D eigenvalue weighted by atomic mass is 16.4. The predicted octanol–water partition coefficient (Wildman–Crippen LogP) is 4.12. The van der Waals surface area contributed by atoms with Crippen molar-refractivity contribution in [1.29, 1.82) is 5.41 Å². The highest BCUT2D eigenvalue weighted by Crippen LogP contribution is 2.08. The van der Waals surface area contributed by atoms with Crippen LogP contribution in [-0.2, 0) is 0 Å². The average Bonchev–Trinajstić information content (AvgIpc) is 2.59. The van der Waals surface area contributed by atoms with Gasteiger partial charge in [0.05, 0.1) is 11.1 Å². The molecular weight excluding hydrogens is 276 g/mol. The minimum absolute atomic E-state index is 0.132. The third-order valence-electron chi connectivity index (χ3n) is 2.76. The van der Waals surface area contributed by atoms with E-state index in [0.29, 0.717) is 16.7 Å². The predicted molar refractivity (Wildman–Crippen MR) is 90.4 cm³/mol. The van der Waals surface area contributed by atoms with E-state index in [1.54, 1.807) is 30.3 Å². The summed E-state index contributed by atoms with van der Waals surface area (Å²) in [6, 6.07) is 16.1. The first kappa shape index (κ1) is 17.4. The second-order valence-electron chi connectivity index (χ2n) is 3.88. The Morgan fingerprint density at radius 3 is 2.05 bits per heavy atom. The van der Waals surface area contributed by atoms with Crippen LogP contribution in [0.15, 0.2) is 63.8 Å². The van der Waals surface area contributed by atoms with E-state index in [2.05, 4.69) is 0 Å². The molecule has 0 amide bonds. The Kier molecular flexibility index (Phi) is 6.83. The number of nitrogens with zero attached hydrogens (tertiary/aromatic N) is 1. The first-order valence-corrected chi connectivity index (χ1v) is 7.52. The number of aromatic nitrogens is 1. The van der Waals surface area contributed by atoms with E-state index in [1.807, 2.05) is 52.0 Å². The third kappa shape index (κ3) is 3.52. The summed E-state index contributed by atoms with van der Waals surface area (Å²) in [5.41, 5.74) is 1.19. The van der Waals surface area contributed by atoms with E-state index in [0.717, 1.165) is 0 Å². The lowest BCUT2D eigenvalue weighted by Gasteiger charge is -2.06. The van der Waals surface area contributed by atoms with Crippen molar-refractivity contribution >= 4 is 11.0 Å². The maximum absolute atomic E-state index is 11.9. The van der Waals surface area contributed by atoms with Gasteiger partial charge < -0.3 is 4.42 Å². The molecule has 1 heterocycles. The van der Waals surface area contributed by atoms with E-state index < -0.39 is 5.76 Å². The van der Waals surface area contributed by atoms with Gasteiger partial charge in [0.25, 0.3) is 0 Å². The zero-order valence-corrected chi connectivity index (χ0v) is 13.5. The van der Waals surface area contributed by atoms with Gasteiger partial charge in [-0.25, -0.2) is 9.36 Å². The van der Waals surface area contributed by atoms with Gasteiger partial charge >= 0.3 is 5.76 Å². The fourth-order valence-corrected chi connectivity index (χ4v) is 1.91. The lowest BCUT2D eigenvalue weighted by atomic mass is 10.2. The van der Waals surface area contributed by atoms with Crippen molar-refractivity contribution in [1.82, 2.24) is 4.57 Å². The number of hydrogen-bond donors (Lipinski definition) is 1. The van der Waals surface area contributed by atoms with Crippen LogP contribution >= 0.6 is 0 Å². The van der Waals surface area contributed by atoms with Crippen molar-refractivity contribution in [2.75, 3.05) is 0 Å². The summed E-state index contributed by atoms with van der Waals surface area (Å²) >= 11 is 0. The summed E-state index contributed by atoms with van der Waals surface area (Å²) in [6.07, 6.45) is 0. The Bertz CT molecular complexity index is 818. The molecule has 0 saturated carbocycles. The highest BCUT2D eigenvalue weighted by molar-refractivity contribution is 5.74. The van der Waals surface area contributed by atoms with Crippen LogP contribution in [0.4, 0.5) is 0 Å². The first-order chi connectivity index (χ1) is 10.8. The number of hydrogen-bond acceptors (Lipinski definition) is 3. The summed E-state index contributed by atoms with van der Waals surface area (Å²) in [5.74, 6) is -0.551. The summed E-state index contributed by atoms with van der Waals surface area (Å²) in [6.45, 7) is 8.00. The van der Waals surface area contributed by atoms with Gasteiger partial charge in [0, 0.05) is 0 Å². The van der Waals surface area contributed by atoms with Crippen LogP contribution in [-0.4, -0.2) is 4.57 Å². The monoisotopic (exact) mass is 298 g/mol. The van der Waals surface area contributed by atoms with E-state index >= 15 is 0 Å². The van der Waals surface area contributed by atoms with E-state index in [4.69, 9.17) is 9.83 Å². The Morgan fingerprint density at radius 2 is 1.41 bits per heavy atom. The maximum Gasteiger partial charge on any atom is 0.425 e. The smallest absolute Gasteiger partial charge is 0.409 e. The minimum Gasteiger partial charge on any atom is -0.409 e. The van der Waals surface area contributed by atoms with E-state index in [-0.39, 0.29) is 5.49 Å². The van der Waals surface area contributed by atoms with Crippen LogP contribution in [0.5, 0.6) is 0 Å². The standard InChI is InChI=1S/C14H10N2O2.2C2H6/c15-13-11-8-4-5-9-12(11)18-14(17)16(13)10-6-2-1-3-7-10;2*1-2/h1-9,15H;2*1-2H3. The van der Waals surface area contributed by atoms with Crippen LogP contribution in [0.3, 0.4) is 0 Å². The molecule has 0 fully saturated rings. The Hall–Kier alpha value is -2.62. The fourth-order valence-electron chi connectivity index (χ4n) is 1.91. The van der Waals surface area contributed by atoms with Gasteiger partial charge in [-0.1, -0.05) is 58.0 Å². The quantitative estimate of drug-likeness (QED) is 0.734. The molecular formula is C18H22N2O2. The fraction of sp³-hybridized carbons (Fsp3) is 0.222. The minimum atomic E-state index is -0.551. The number of benzene rings is 2. The molecule has 0 aliphatic rings. The third-order valence-corrected chi connectivity index (χ3v) is 2.76. The van der Waals surface area contributed by atoms with Crippen molar-refractivity contribution in [3.8, 4) is 5.69 Å². The van der Waals surface area contributed by atoms with Crippen molar-refractivity contribution in [2.24, 2.45) is 0 Å². The summed E-state index contributed by atoms with van der Waals surface area (Å²) < 4.78 is 6.47. The molecule has 22 heavy (non-hydrogen) atoms. The van der Waals surface area contributed by atoms with Crippen LogP contribution in [0.2, 0.25) is 0 Å². The van der Waals surface area contributed by atoms with Crippen LogP contribution in [0, 0.1) is 5.41 Å². The molecule has 2 aromatic carbocycles. The van der Waals surface area contributed by atoms with Crippen molar-refractivity contribution in [3.63, 3.8) is 0 Å². The van der Waals surface area contributed by atoms with Gasteiger partial charge in [-0.3, -0.25) is 5.41 Å². The van der Waals surface area contributed by atoms with Crippen molar-refractivity contribution < 1.29 is 4.42 Å². The van der Waals surface area contributed by atoms with Gasteiger partial charge in [-0.2, -0.15) is 0 Å². The van der Waals surface area contributed by atoms with Crippen molar-refractivity contribution in [2.45, 2.75) is 27.7 Å². The molecule has 0 aliphatic heterocycles. The molecule has 0 unspecified atom stereocenters. The number of fused-ring (bicyclic) bond motifs is 1. The molecule has 1 N–H and O–H groups in total. The average molecular weight is 298 g/mol. The molecule has 0 radical (unpaired) electrons. The molecule has 0 atom stereocenters. The summed E-state index contributed by atoms with van der Waals surface area (Å²) in [7, 11) is 0. The molecule has 1 aromatic heterocycles. The van der Waals surface area contributed by atoms with Crippen LogP contribution in [0.25, 0.3) is 16.7 Å². The molecule has 3 rings (SSSR count). The molecule has 4 heteroatoms. The largest absolute Gasteiger partial charge is 0.425 e.